The maximum Gasteiger partial charge on any atom is 0.125 e. The zero-order chi connectivity index (χ0) is 12.1. The Morgan fingerprint density at radius 3 is 2.71 bits per heavy atom. The van der Waals surface area contributed by atoms with E-state index in [0.717, 1.165) is 17.7 Å². The Kier molecular flexibility index (Phi) is 3.60. The van der Waals surface area contributed by atoms with E-state index in [1.807, 2.05) is 25.1 Å². The van der Waals surface area contributed by atoms with Gasteiger partial charge in [-0.3, -0.25) is 4.98 Å². The third kappa shape index (κ3) is 2.97. The second-order valence-electron chi connectivity index (χ2n) is 3.85. The van der Waals surface area contributed by atoms with E-state index in [1.54, 1.807) is 24.5 Å². The maximum atomic E-state index is 9.53. The fourth-order valence-corrected chi connectivity index (χ4v) is 1.59. The number of ether oxygens (including phenoxy) is 1. The number of nitrogens with zero attached hydrogens (tertiary/aromatic N) is 1. The minimum absolute atomic E-state index is 0.270. The molecule has 0 aliphatic carbocycles. The van der Waals surface area contributed by atoms with E-state index >= 15 is 0 Å². The molecular formula is C14H15NO2. The van der Waals surface area contributed by atoms with Crippen molar-refractivity contribution in [2.24, 2.45) is 0 Å². The summed E-state index contributed by atoms with van der Waals surface area (Å²) < 4.78 is 5.64. The van der Waals surface area contributed by atoms with Crippen molar-refractivity contribution in [3.63, 3.8) is 0 Å². The van der Waals surface area contributed by atoms with Crippen LogP contribution in [0, 0.1) is 6.92 Å². The van der Waals surface area contributed by atoms with E-state index in [1.165, 1.54) is 5.56 Å². The summed E-state index contributed by atoms with van der Waals surface area (Å²) in [6.07, 6.45) is 4.38. The van der Waals surface area contributed by atoms with Crippen molar-refractivity contribution in [2.75, 3.05) is 6.61 Å². The predicted octanol–water partition coefficient (Wildman–Crippen LogP) is 2.72. The molecule has 0 aliphatic heterocycles. The largest absolute Gasteiger partial charge is 0.508 e. The predicted molar refractivity (Wildman–Crippen MR) is 66.3 cm³/mol. The third-order valence-corrected chi connectivity index (χ3v) is 2.65. The maximum absolute atomic E-state index is 9.53. The Hall–Kier alpha value is -2.03. The van der Waals surface area contributed by atoms with Crippen LogP contribution in [0.4, 0.5) is 0 Å². The molecule has 88 valence electrons. The van der Waals surface area contributed by atoms with E-state index in [2.05, 4.69) is 4.98 Å². The average Bonchev–Trinajstić information content (AvgIpc) is 2.36. The molecule has 0 fully saturated rings. The van der Waals surface area contributed by atoms with Gasteiger partial charge in [0.2, 0.25) is 0 Å². The van der Waals surface area contributed by atoms with Gasteiger partial charge in [-0.05, 0) is 36.8 Å². The fourth-order valence-electron chi connectivity index (χ4n) is 1.59. The Morgan fingerprint density at radius 1 is 1.18 bits per heavy atom. The lowest BCUT2D eigenvalue weighted by Crippen LogP contribution is -2.02. The monoisotopic (exact) mass is 229 g/mol. The molecule has 1 N–H and O–H groups in total. The first-order valence-electron chi connectivity index (χ1n) is 5.57. The molecule has 0 atom stereocenters. The van der Waals surface area contributed by atoms with Crippen LogP contribution in [-0.2, 0) is 6.42 Å². The van der Waals surface area contributed by atoms with Crippen molar-refractivity contribution < 1.29 is 9.84 Å². The smallest absolute Gasteiger partial charge is 0.125 e. The second-order valence-corrected chi connectivity index (χ2v) is 3.85. The minimum atomic E-state index is 0.270. The van der Waals surface area contributed by atoms with Crippen molar-refractivity contribution in [2.45, 2.75) is 13.3 Å². The molecule has 0 saturated carbocycles. The topological polar surface area (TPSA) is 42.4 Å². The number of benzene rings is 1. The molecule has 3 heteroatoms. The zero-order valence-corrected chi connectivity index (χ0v) is 9.76. The molecule has 3 nitrogen and oxygen atoms in total. The molecule has 0 unspecified atom stereocenters. The Bertz CT molecular complexity index is 483. The zero-order valence-electron chi connectivity index (χ0n) is 9.76. The summed E-state index contributed by atoms with van der Waals surface area (Å²) in [5, 5.41) is 9.53. The lowest BCUT2D eigenvalue weighted by Gasteiger charge is -2.09. The number of phenolic OH excluding ortho intramolecular Hbond substituents is 1. The number of hydrogen-bond donors (Lipinski definition) is 1. The molecule has 2 rings (SSSR count). The first kappa shape index (κ1) is 11.5. The lowest BCUT2D eigenvalue weighted by molar-refractivity contribution is 0.317. The summed E-state index contributed by atoms with van der Waals surface area (Å²) >= 11 is 0. The molecule has 0 aliphatic rings. The second kappa shape index (κ2) is 5.34. The summed E-state index contributed by atoms with van der Waals surface area (Å²) in [5.41, 5.74) is 1.97. The first-order chi connectivity index (χ1) is 8.27. The van der Waals surface area contributed by atoms with Gasteiger partial charge < -0.3 is 9.84 Å². The van der Waals surface area contributed by atoms with Crippen LogP contribution in [0.25, 0.3) is 0 Å². The van der Waals surface area contributed by atoms with Crippen molar-refractivity contribution in [1.82, 2.24) is 4.98 Å². The van der Waals surface area contributed by atoms with Gasteiger partial charge in [-0.15, -0.1) is 0 Å². The van der Waals surface area contributed by atoms with Gasteiger partial charge in [0.25, 0.3) is 0 Å². The quantitative estimate of drug-likeness (QED) is 0.876. The van der Waals surface area contributed by atoms with Crippen LogP contribution in [0.15, 0.2) is 42.7 Å². The van der Waals surface area contributed by atoms with Crippen LogP contribution in [0.5, 0.6) is 11.5 Å². The lowest BCUT2D eigenvalue weighted by atomic mass is 10.2. The molecule has 1 aromatic carbocycles. The average molecular weight is 229 g/mol. The number of aromatic nitrogens is 1. The highest BCUT2D eigenvalue weighted by atomic mass is 16.5. The van der Waals surface area contributed by atoms with Gasteiger partial charge in [-0.2, -0.15) is 0 Å². The molecule has 0 radical (unpaired) electrons. The molecule has 1 heterocycles. The number of aromatic hydroxyl groups is 1. The van der Waals surface area contributed by atoms with Crippen LogP contribution >= 0.6 is 0 Å². The van der Waals surface area contributed by atoms with Gasteiger partial charge in [-0.25, -0.2) is 0 Å². The third-order valence-electron chi connectivity index (χ3n) is 2.65. The normalized spacial score (nSPS) is 10.2. The molecule has 0 amide bonds. The van der Waals surface area contributed by atoms with Gasteiger partial charge >= 0.3 is 0 Å². The Morgan fingerprint density at radius 2 is 1.94 bits per heavy atom. The van der Waals surface area contributed by atoms with E-state index < -0.39 is 0 Å². The summed E-state index contributed by atoms with van der Waals surface area (Å²) in [7, 11) is 0. The Balaban J connectivity index is 1.93. The number of phenols is 1. The van der Waals surface area contributed by atoms with Crippen molar-refractivity contribution in [3.05, 3.63) is 53.9 Å². The van der Waals surface area contributed by atoms with Gasteiger partial charge in [0, 0.05) is 24.4 Å². The molecule has 0 bridgehead atoms. The highest BCUT2D eigenvalue weighted by Crippen LogP contribution is 2.25. The highest BCUT2D eigenvalue weighted by Gasteiger charge is 2.03. The summed E-state index contributed by atoms with van der Waals surface area (Å²) in [4.78, 5) is 3.96. The summed E-state index contributed by atoms with van der Waals surface area (Å²) in [5.74, 6) is 1.01. The molecular weight excluding hydrogens is 214 g/mol. The summed E-state index contributed by atoms with van der Waals surface area (Å²) in [6.45, 7) is 2.44. The van der Waals surface area contributed by atoms with Crippen LogP contribution in [0.2, 0.25) is 0 Å². The van der Waals surface area contributed by atoms with Crippen LogP contribution in [0.1, 0.15) is 11.1 Å². The van der Waals surface area contributed by atoms with E-state index in [9.17, 15) is 5.11 Å². The molecule has 0 spiro atoms. The van der Waals surface area contributed by atoms with Crippen molar-refractivity contribution in [1.29, 1.82) is 0 Å². The van der Waals surface area contributed by atoms with E-state index in [4.69, 9.17) is 4.74 Å². The van der Waals surface area contributed by atoms with Crippen molar-refractivity contribution >= 4 is 0 Å². The SMILES string of the molecule is Cc1c(O)cccc1OCCc1ccncc1. The number of hydrogen-bond acceptors (Lipinski definition) is 3. The van der Waals surface area contributed by atoms with Gasteiger partial charge in [0.1, 0.15) is 11.5 Å². The van der Waals surface area contributed by atoms with Crippen molar-refractivity contribution in [3.8, 4) is 11.5 Å². The van der Waals surface area contributed by atoms with Gasteiger partial charge in [0.15, 0.2) is 0 Å². The van der Waals surface area contributed by atoms with Crippen LogP contribution < -0.4 is 4.74 Å². The highest BCUT2D eigenvalue weighted by molar-refractivity contribution is 5.42. The van der Waals surface area contributed by atoms with Crippen LogP contribution in [0.3, 0.4) is 0 Å². The fraction of sp³-hybridized carbons (Fsp3) is 0.214. The van der Waals surface area contributed by atoms with E-state index in [0.29, 0.717) is 6.61 Å². The standard InChI is InChI=1S/C14H15NO2/c1-11-13(16)3-2-4-14(11)17-10-7-12-5-8-15-9-6-12/h2-6,8-9,16H,7,10H2,1H3. The molecule has 2 aromatic rings. The molecule has 1 aromatic heterocycles. The first-order valence-corrected chi connectivity index (χ1v) is 5.57. The Labute approximate surface area is 101 Å². The summed E-state index contributed by atoms with van der Waals surface area (Å²) in [6, 6.07) is 9.24. The van der Waals surface area contributed by atoms with Crippen LogP contribution in [-0.4, -0.2) is 16.7 Å². The number of pyridine rings is 1. The number of rotatable bonds is 4. The minimum Gasteiger partial charge on any atom is -0.508 e. The molecule has 0 saturated heterocycles. The molecule has 17 heavy (non-hydrogen) atoms. The van der Waals surface area contributed by atoms with Gasteiger partial charge in [0.05, 0.1) is 6.61 Å². The van der Waals surface area contributed by atoms with E-state index in [-0.39, 0.29) is 5.75 Å². The van der Waals surface area contributed by atoms with Gasteiger partial charge in [-0.1, -0.05) is 6.07 Å².